The monoisotopic (exact) mass is 178 g/mol. The van der Waals surface area contributed by atoms with Crippen LogP contribution in [0.25, 0.3) is 5.57 Å². The van der Waals surface area contributed by atoms with Crippen LogP contribution in [0.2, 0.25) is 0 Å². The number of rotatable bonds is 1. The Morgan fingerprint density at radius 1 is 1.62 bits per heavy atom. The Balaban J connectivity index is 2.18. The van der Waals surface area contributed by atoms with E-state index in [4.69, 9.17) is 0 Å². The number of aromatic nitrogens is 2. The minimum Gasteiger partial charge on any atom is -0.393 e. The van der Waals surface area contributed by atoms with Gasteiger partial charge in [-0.2, -0.15) is 5.10 Å². The number of hydrogen-bond donors (Lipinski definition) is 1. The number of allylic oxidation sites excluding steroid dienone is 1. The zero-order chi connectivity index (χ0) is 9.26. The molecular formula is C10H14N2O. The highest BCUT2D eigenvalue weighted by Crippen LogP contribution is 2.26. The van der Waals surface area contributed by atoms with Crippen LogP contribution < -0.4 is 0 Å². The van der Waals surface area contributed by atoms with E-state index in [2.05, 4.69) is 11.2 Å². The molecule has 13 heavy (non-hydrogen) atoms. The first-order valence-corrected chi connectivity index (χ1v) is 4.62. The van der Waals surface area contributed by atoms with Gasteiger partial charge in [0.1, 0.15) is 0 Å². The zero-order valence-electron chi connectivity index (χ0n) is 7.77. The molecule has 0 aliphatic heterocycles. The van der Waals surface area contributed by atoms with Crippen LogP contribution in [-0.2, 0) is 7.05 Å². The molecule has 70 valence electrons. The Hall–Kier alpha value is -1.09. The normalized spacial score (nSPS) is 22.9. The topological polar surface area (TPSA) is 38.0 Å². The Morgan fingerprint density at radius 2 is 2.46 bits per heavy atom. The number of aliphatic hydroxyl groups is 1. The average Bonchev–Trinajstić information content (AvgIpc) is 2.53. The summed E-state index contributed by atoms with van der Waals surface area (Å²) in [5.74, 6) is 0. The van der Waals surface area contributed by atoms with Crippen LogP contribution in [-0.4, -0.2) is 21.0 Å². The highest BCUT2D eigenvalue weighted by atomic mass is 16.3. The lowest BCUT2D eigenvalue weighted by molar-refractivity contribution is 0.166. The Bertz CT molecular complexity index is 327. The molecule has 0 saturated heterocycles. The Morgan fingerprint density at radius 3 is 3.00 bits per heavy atom. The van der Waals surface area contributed by atoms with Gasteiger partial charge in [-0.3, -0.25) is 4.68 Å². The van der Waals surface area contributed by atoms with Gasteiger partial charge in [-0.05, 0) is 24.8 Å². The van der Waals surface area contributed by atoms with E-state index in [-0.39, 0.29) is 6.10 Å². The SMILES string of the molecule is Cn1cc(C2=CCC(O)CC2)cn1. The molecule has 0 bridgehead atoms. The molecule has 1 N–H and O–H groups in total. The predicted molar refractivity (Wildman–Crippen MR) is 51.0 cm³/mol. The van der Waals surface area contributed by atoms with Gasteiger partial charge >= 0.3 is 0 Å². The van der Waals surface area contributed by atoms with E-state index in [1.54, 1.807) is 4.68 Å². The van der Waals surface area contributed by atoms with Crippen molar-refractivity contribution in [3.63, 3.8) is 0 Å². The molecule has 1 aliphatic rings. The summed E-state index contributed by atoms with van der Waals surface area (Å²) in [5.41, 5.74) is 2.51. The van der Waals surface area contributed by atoms with Crippen LogP contribution >= 0.6 is 0 Å². The molecule has 2 rings (SSSR count). The van der Waals surface area contributed by atoms with E-state index >= 15 is 0 Å². The van der Waals surface area contributed by atoms with Crippen LogP contribution in [0.5, 0.6) is 0 Å². The third-order valence-corrected chi connectivity index (χ3v) is 2.46. The number of aryl methyl sites for hydroxylation is 1. The fourth-order valence-electron chi connectivity index (χ4n) is 1.67. The highest BCUT2D eigenvalue weighted by molar-refractivity contribution is 5.65. The molecule has 1 aromatic heterocycles. The van der Waals surface area contributed by atoms with Crippen molar-refractivity contribution in [1.82, 2.24) is 9.78 Å². The minimum atomic E-state index is -0.138. The summed E-state index contributed by atoms with van der Waals surface area (Å²) in [6, 6.07) is 0. The number of aliphatic hydroxyl groups excluding tert-OH is 1. The first-order valence-electron chi connectivity index (χ1n) is 4.62. The summed E-state index contributed by atoms with van der Waals surface area (Å²) in [4.78, 5) is 0. The molecule has 1 atom stereocenters. The predicted octanol–water partition coefficient (Wildman–Crippen LogP) is 1.35. The van der Waals surface area contributed by atoms with Crippen molar-refractivity contribution in [2.75, 3.05) is 0 Å². The van der Waals surface area contributed by atoms with Crippen molar-refractivity contribution in [1.29, 1.82) is 0 Å². The summed E-state index contributed by atoms with van der Waals surface area (Å²) in [6.45, 7) is 0. The largest absolute Gasteiger partial charge is 0.393 e. The fourth-order valence-corrected chi connectivity index (χ4v) is 1.67. The quantitative estimate of drug-likeness (QED) is 0.705. The summed E-state index contributed by atoms with van der Waals surface area (Å²) < 4.78 is 1.81. The maximum Gasteiger partial charge on any atom is 0.0578 e. The summed E-state index contributed by atoms with van der Waals surface area (Å²) in [7, 11) is 1.92. The van der Waals surface area contributed by atoms with Crippen molar-refractivity contribution in [3.8, 4) is 0 Å². The van der Waals surface area contributed by atoms with Gasteiger partial charge in [0.15, 0.2) is 0 Å². The standard InChI is InChI=1S/C10H14N2O/c1-12-7-9(6-11-12)8-2-4-10(13)5-3-8/h2,6-7,10,13H,3-5H2,1H3. The van der Waals surface area contributed by atoms with Gasteiger partial charge in [-0.1, -0.05) is 6.08 Å². The van der Waals surface area contributed by atoms with Gasteiger partial charge in [-0.15, -0.1) is 0 Å². The van der Waals surface area contributed by atoms with Gasteiger partial charge in [0.2, 0.25) is 0 Å². The second-order valence-corrected chi connectivity index (χ2v) is 3.56. The molecule has 3 nitrogen and oxygen atoms in total. The second-order valence-electron chi connectivity index (χ2n) is 3.56. The average molecular weight is 178 g/mol. The summed E-state index contributed by atoms with van der Waals surface area (Å²) in [5, 5.41) is 13.4. The van der Waals surface area contributed by atoms with Crippen LogP contribution in [0.4, 0.5) is 0 Å². The summed E-state index contributed by atoms with van der Waals surface area (Å²) >= 11 is 0. The van der Waals surface area contributed by atoms with E-state index in [0.717, 1.165) is 19.3 Å². The molecule has 0 spiro atoms. The van der Waals surface area contributed by atoms with Crippen LogP contribution in [0, 0.1) is 0 Å². The van der Waals surface area contributed by atoms with Crippen molar-refractivity contribution in [3.05, 3.63) is 24.0 Å². The first kappa shape index (κ1) is 8.51. The molecular weight excluding hydrogens is 164 g/mol. The molecule has 1 heterocycles. The van der Waals surface area contributed by atoms with E-state index in [1.807, 2.05) is 19.4 Å². The second kappa shape index (κ2) is 3.34. The number of nitrogens with zero attached hydrogens (tertiary/aromatic N) is 2. The minimum absolute atomic E-state index is 0.138. The van der Waals surface area contributed by atoms with Gasteiger partial charge in [0.25, 0.3) is 0 Å². The van der Waals surface area contributed by atoms with Crippen LogP contribution in [0.1, 0.15) is 24.8 Å². The summed E-state index contributed by atoms with van der Waals surface area (Å²) in [6.07, 6.45) is 8.50. The maximum absolute atomic E-state index is 9.31. The molecule has 1 unspecified atom stereocenters. The fraction of sp³-hybridized carbons (Fsp3) is 0.500. The van der Waals surface area contributed by atoms with Crippen molar-refractivity contribution in [2.45, 2.75) is 25.4 Å². The van der Waals surface area contributed by atoms with E-state index in [9.17, 15) is 5.11 Å². The van der Waals surface area contributed by atoms with Crippen LogP contribution in [0.3, 0.4) is 0 Å². The van der Waals surface area contributed by atoms with Gasteiger partial charge in [-0.25, -0.2) is 0 Å². The molecule has 1 aliphatic carbocycles. The highest BCUT2D eigenvalue weighted by Gasteiger charge is 2.13. The Kier molecular flexibility index (Phi) is 2.19. The van der Waals surface area contributed by atoms with Crippen molar-refractivity contribution >= 4 is 5.57 Å². The first-order chi connectivity index (χ1) is 6.25. The lowest BCUT2D eigenvalue weighted by Gasteiger charge is -2.16. The molecule has 3 heteroatoms. The molecule has 0 amide bonds. The zero-order valence-corrected chi connectivity index (χ0v) is 7.77. The lowest BCUT2D eigenvalue weighted by Crippen LogP contribution is -2.09. The van der Waals surface area contributed by atoms with E-state index in [1.165, 1.54) is 11.1 Å². The van der Waals surface area contributed by atoms with Gasteiger partial charge in [0.05, 0.1) is 12.3 Å². The smallest absolute Gasteiger partial charge is 0.0578 e. The van der Waals surface area contributed by atoms with E-state index in [0.29, 0.717) is 0 Å². The number of hydrogen-bond acceptors (Lipinski definition) is 2. The Labute approximate surface area is 77.7 Å². The maximum atomic E-state index is 9.31. The van der Waals surface area contributed by atoms with Gasteiger partial charge < -0.3 is 5.11 Å². The lowest BCUT2D eigenvalue weighted by atomic mass is 9.94. The van der Waals surface area contributed by atoms with Crippen LogP contribution in [0.15, 0.2) is 18.5 Å². The van der Waals surface area contributed by atoms with E-state index < -0.39 is 0 Å². The van der Waals surface area contributed by atoms with Gasteiger partial charge in [0, 0.05) is 18.8 Å². The molecule has 0 fully saturated rings. The molecule has 0 radical (unpaired) electrons. The third-order valence-electron chi connectivity index (χ3n) is 2.46. The van der Waals surface area contributed by atoms with Crippen molar-refractivity contribution < 1.29 is 5.11 Å². The molecule has 1 aromatic rings. The van der Waals surface area contributed by atoms with Crippen molar-refractivity contribution in [2.24, 2.45) is 7.05 Å². The molecule has 0 saturated carbocycles. The third kappa shape index (κ3) is 1.80. The molecule has 0 aromatic carbocycles.